The summed E-state index contributed by atoms with van der Waals surface area (Å²) in [6.45, 7) is 16.1. The first kappa shape index (κ1) is 38.4. The highest BCUT2D eigenvalue weighted by Crippen LogP contribution is 2.23. The van der Waals surface area contributed by atoms with Crippen molar-refractivity contribution in [2.75, 3.05) is 57.7 Å². The number of nitrogens with zero attached hydrogens (tertiary/aromatic N) is 10. The number of nitrogens with one attached hydrogen (secondary N) is 5. The maximum atomic E-state index is 10.3. The van der Waals surface area contributed by atoms with Crippen molar-refractivity contribution in [1.82, 2.24) is 44.9 Å². The first-order valence-corrected chi connectivity index (χ1v) is 15.9. The van der Waals surface area contributed by atoms with Crippen molar-refractivity contribution in [3.8, 4) is 0 Å². The molecule has 20 heteroatoms. The van der Waals surface area contributed by atoms with Crippen LogP contribution >= 0.6 is 34.8 Å². The van der Waals surface area contributed by atoms with Crippen molar-refractivity contribution in [2.45, 2.75) is 79.4 Å². The highest BCUT2D eigenvalue weighted by Gasteiger charge is 2.22. The van der Waals surface area contributed by atoms with E-state index in [0.29, 0.717) is 42.3 Å². The number of carboxylic acids is 1. The van der Waals surface area contributed by atoms with Crippen molar-refractivity contribution in [2.24, 2.45) is 0 Å². The van der Waals surface area contributed by atoms with E-state index in [4.69, 9.17) is 39.9 Å². The lowest BCUT2D eigenvalue weighted by Gasteiger charge is -2.19. The minimum Gasteiger partial charge on any atom is -0.480 e. The molecular weight excluding hydrogens is 661 g/mol. The van der Waals surface area contributed by atoms with E-state index in [1.54, 1.807) is 0 Å². The number of carbonyl (C=O) groups is 1. The van der Waals surface area contributed by atoms with Gasteiger partial charge in [0.2, 0.25) is 51.5 Å². The molecule has 3 aromatic heterocycles. The molecule has 1 fully saturated rings. The van der Waals surface area contributed by atoms with Crippen LogP contribution in [0.5, 0.6) is 0 Å². The van der Waals surface area contributed by atoms with Crippen molar-refractivity contribution in [3.05, 3.63) is 15.9 Å². The lowest BCUT2D eigenvalue weighted by atomic mass is 10.4. The first-order valence-electron chi connectivity index (χ1n) is 14.8. The lowest BCUT2D eigenvalue weighted by molar-refractivity contribution is -0.134. The van der Waals surface area contributed by atoms with Gasteiger partial charge >= 0.3 is 5.97 Å². The molecule has 0 aliphatic heterocycles. The smallest absolute Gasteiger partial charge is 0.322 e. The third-order valence-electron chi connectivity index (χ3n) is 5.34. The zero-order valence-corrected chi connectivity index (χ0v) is 29.2. The van der Waals surface area contributed by atoms with Gasteiger partial charge in [0.05, 0.1) is 0 Å². The van der Waals surface area contributed by atoms with Crippen LogP contribution in [0.1, 0.15) is 61.3 Å². The van der Waals surface area contributed by atoms with Crippen molar-refractivity contribution in [3.63, 3.8) is 0 Å². The maximum absolute atomic E-state index is 10.3. The Morgan fingerprint density at radius 2 is 1.17 bits per heavy atom. The SMILES string of the molecule is CC(C)Nc1nc(Cl)nc(NC2CC2)n1.CCN(CC)c1nc(Cl)nc(NC(C)C)n1.CCNc1nc(Cl)nc(NCC(=O)O)n1. The fraction of sp³-hybridized carbons (Fsp3) is 0.615. The largest absolute Gasteiger partial charge is 0.480 e. The number of hydrogen-bond donors (Lipinski definition) is 6. The van der Waals surface area contributed by atoms with Crippen LogP contribution in [0.25, 0.3) is 0 Å². The zero-order chi connectivity index (χ0) is 34.2. The molecule has 3 aromatic rings. The lowest BCUT2D eigenvalue weighted by Crippen LogP contribution is -2.25. The van der Waals surface area contributed by atoms with Crippen molar-refractivity contribution >= 4 is 76.5 Å². The summed E-state index contributed by atoms with van der Waals surface area (Å²) in [7, 11) is 0. The monoisotopic (exact) mass is 701 g/mol. The predicted molar refractivity (Wildman–Crippen MR) is 183 cm³/mol. The normalized spacial score (nSPS) is 11.9. The summed E-state index contributed by atoms with van der Waals surface area (Å²) >= 11 is 17.3. The molecule has 0 aromatic carbocycles. The zero-order valence-electron chi connectivity index (χ0n) is 26.9. The van der Waals surface area contributed by atoms with Gasteiger partial charge in [0, 0.05) is 37.8 Å². The molecular formula is C26H42Cl3N15O2. The van der Waals surface area contributed by atoms with Crippen molar-refractivity contribution in [1.29, 1.82) is 0 Å². The molecule has 4 rings (SSSR count). The van der Waals surface area contributed by atoms with Gasteiger partial charge in [-0.2, -0.15) is 44.9 Å². The van der Waals surface area contributed by atoms with E-state index >= 15 is 0 Å². The standard InChI is InChI=1S/C10H18ClN5.C9H14ClN5.C7H10ClN5O2/c1-5-16(6-2)10-14-8(11)13-9(15-10)12-7(3)4;1-5(2)11-8-13-7(10)14-9(15-8)12-6-3-4-6;1-2-9-6-11-5(8)12-7(13-6)10-3-4(14)15/h7H,5-6H2,1-4H3,(H,12,13,14,15);5-6H,3-4H2,1-2H3,(H2,11,12,13,14,15);2-3H2,1H3,(H,14,15)(H2,9,10,11,12,13). The van der Waals surface area contributed by atoms with Crippen LogP contribution in [-0.4, -0.2) is 100 Å². The Morgan fingerprint density at radius 3 is 1.65 bits per heavy atom. The second-order valence-corrected chi connectivity index (χ2v) is 11.2. The minimum atomic E-state index is -1.00. The number of rotatable bonds is 14. The topological polar surface area (TPSA) is 217 Å². The minimum absolute atomic E-state index is 0.00818. The number of halogens is 3. The van der Waals surface area contributed by atoms with E-state index < -0.39 is 5.97 Å². The van der Waals surface area contributed by atoms with Gasteiger partial charge in [-0.3, -0.25) is 4.79 Å². The van der Waals surface area contributed by atoms with Gasteiger partial charge in [-0.15, -0.1) is 0 Å². The summed E-state index contributed by atoms with van der Waals surface area (Å²) in [6.07, 6.45) is 2.35. The summed E-state index contributed by atoms with van der Waals surface area (Å²) in [5, 5.41) is 23.6. The number of aliphatic carboxylic acids is 1. The van der Waals surface area contributed by atoms with Crippen LogP contribution in [0.2, 0.25) is 15.9 Å². The van der Waals surface area contributed by atoms with E-state index in [0.717, 1.165) is 13.1 Å². The predicted octanol–water partition coefficient (Wildman–Crippen LogP) is 4.56. The van der Waals surface area contributed by atoms with E-state index in [1.165, 1.54) is 12.8 Å². The Balaban J connectivity index is 0.000000240. The van der Waals surface area contributed by atoms with Crippen LogP contribution in [-0.2, 0) is 4.79 Å². The van der Waals surface area contributed by atoms with Crippen LogP contribution in [0.15, 0.2) is 0 Å². The molecule has 0 bridgehead atoms. The summed E-state index contributed by atoms with van der Waals surface area (Å²) in [6, 6.07) is 1.05. The second kappa shape index (κ2) is 19.6. The number of anilines is 6. The first-order chi connectivity index (χ1) is 21.8. The molecule has 1 aliphatic rings. The summed E-state index contributed by atoms with van der Waals surface area (Å²) in [5.41, 5.74) is 0. The molecule has 254 valence electrons. The van der Waals surface area contributed by atoms with Crippen LogP contribution < -0.4 is 31.5 Å². The maximum Gasteiger partial charge on any atom is 0.322 e. The molecule has 3 heterocycles. The molecule has 0 unspecified atom stereocenters. The summed E-state index contributed by atoms with van der Waals surface area (Å²) < 4.78 is 0. The van der Waals surface area contributed by atoms with Gasteiger partial charge in [-0.05, 0) is 96.1 Å². The number of carboxylic acid groups (broad SMARTS) is 1. The van der Waals surface area contributed by atoms with Gasteiger partial charge in [0.25, 0.3) is 0 Å². The quantitative estimate of drug-likeness (QED) is 0.136. The van der Waals surface area contributed by atoms with E-state index in [2.05, 4.69) is 85.3 Å². The fourth-order valence-corrected chi connectivity index (χ4v) is 3.75. The highest BCUT2D eigenvalue weighted by molar-refractivity contribution is 6.29. The molecule has 17 nitrogen and oxygen atoms in total. The molecule has 46 heavy (non-hydrogen) atoms. The van der Waals surface area contributed by atoms with Crippen molar-refractivity contribution < 1.29 is 9.90 Å². The number of hydrogen-bond acceptors (Lipinski definition) is 16. The fourth-order valence-electron chi connectivity index (χ4n) is 3.28. The summed E-state index contributed by atoms with van der Waals surface area (Å²) in [4.78, 5) is 48.4. The molecule has 0 spiro atoms. The van der Waals surface area contributed by atoms with E-state index in [1.807, 2.05) is 39.5 Å². The Kier molecular flexibility index (Phi) is 16.4. The van der Waals surface area contributed by atoms with Crippen LogP contribution in [0, 0.1) is 0 Å². The second-order valence-electron chi connectivity index (χ2n) is 10.2. The van der Waals surface area contributed by atoms with Crippen LogP contribution in [0.4, 0.5) is 35.7 Å². The molecule has 0 saturated heterocycles. The Labute approximate surface area is 283 Å². The average molecular weight is 703 g/mol. The number of aromatic nitrogens is 9. The molecule has 1 aliphatic carbocycles. The van der Waals surface area contributed by atoms with Gasteiger partial charge in [0.15, 0.2) is 0 Å². The average Bonchev–Trinajstić information content (AvgIpc) is 3.76. The Hall–Kier alpha value is -3.83. The molecule has 1 saturated carbocycles. The molecule has 0 amide bonds. The third-order valence-corrected chi connectivity index (χ3v) is 5.84. The van der Waals surface area contributed by atoms with Gasteiger partial charge < -0.3 is 36.6 Å². The van der Waals surface area contributed by atoms with Gasteiger partial charge in [0.1, 0.15) is 6.54 Å². The highest BCUT2D eigenvalue weighted by atomic mass is 35.5. The molecule has 0 radical (unpaired) electrons. The Bertz CT molecular complexity index is 1360. The van der Waals surface area contributed by atoms with Crippen LogP contribution in [0.3, 0.4) is 0 Å². The van der Waals surface area contributed by atoms with Gasteiger partial charge in [-0.25, -0.2) is 0 Å². The van der Waals surface area contributed by atoms with E-state index in [9.17, 15) is 4.79 Å². The van der Waals surface area contributed by atoms with Gasteiger partial charge in [-0.1, -0.05) is 0 Å². The van der Waals surface area contributed by atoms with E-state index in [-0.39, 0.29) is 40.4 Å². The molecule has 0 atom stereocenters. The molecule has 6 N–H and O–H groups in total. The third kappa shape index (κ3) is 15.4. The Morgan fingerprint density at radius 1 is 0.717 bits per heavy atom. The summed E-state index contributed by atoms with van der Waals surface area (Å²) in [5.74, 6) is 1.66.